The van der Waals surface area contributed by atoms with Crippen LogP contribution in [0.5, 0.6) is 0 Å². The van der Waals surface area contributed by atoms with Gasteiger partial charge in [-0.3, -0.25) is 4.90 Å². The third-order valence-corrected chi connectivity index (χ3v) is 5.26. The molecule has 0 unspecified atom stereocenters. The smallest absolute Gasteiger partial charge is 0.416 e. The largest absolute Gasteiger partial charge is 0.450 e. The zero-order valence-electron chi connectivity index (χ0n) is 14.1. The number of benzene rings is 2. The molecule has 0 radical (unpaired) electrons. The highest BCUT2D eigenvalue weighted by Gasteiger charge is 2.48. The van der Waals surface area contributed by atoms with E-state index in [2.05, 4.69) is 4.90 Å². The maximum atomic E-state index is 13.1. The monoisotopic (exact) mass is 361 g/mol. The summed E-state index contributed by atoms with van der Waals surface area (Å²) < 4.78 is 44.8. The highest BCUT2D eigenvalue weighted by atomic mass is 19.4. The molecule has 2 aromatic carbocycles. The molecule has 0 atom stereocenters. The van der Waals surface area contributed by atoms with Gasteiger partial charge in [-0.05, 0) is 23.8 Å². The van der Waals surface area contributed by atoms with Gasteiger partial charge in [0.05, 0.1) is 11.1 Å². The Bertz CT molecular complexity index is 825. The van der Waals surface area contributed by atoms with E-state index in [9.17, 15) is 18.0 Å². The van der Waals surface area contributed by atoms with E-state index in [0.29, 0.717) is 31.5 Å². The van der Waals surface area contributed by atoms with Gasteiger partial charge in [-0.1, -0.05) is 30.3 Å². The second-order valence-corrected chi connectivity index (χ2v) is 6.90. The second kappa shape index (κ2) is 6.13. The van der Waals surface area contributed by atoms with E-state index in [0.717, 1.165) is 18.7 Å². The molecular formula is C20H18F3NO2. The topological polar surface area (TPSA) is 29.5 Å². The number of carbonyl (C=O) groups excluding carboxylic acids is 1. The van der Waals surface area contributed by atoms with Gasteiger partial charge in [0.25, 0.3) is 0 Å². The third-order valence-electron chi connectivity index (χ3n) is 5.26. The third kappa shape index (κ3) is 2.98. The minimum absolute atomic E-state index is 0.259. The van der Waals surface area contributed by atoms with Crippen molar-refractivity contribution in [3.63, 3.8) is 0 Å². The van der Waals surface area contributed by atoms with Crippen molar-refractivity contribution >= 4 is 5.97 Å². The number of halogens is 3. The number of hydrogen-bond acceptors (Lipinski definition) is 3. The van der Waals surface area contributed by atoms with Gasteiger partial charge < -0.3 is 4.74 Å². The number of hydrogen-bond donors (Lipinski definition) is 0. The maximum absolute atomic E-state index is 13.1. The molecule has 2 aromatic rings. The van der Waals surface area contributed by atoms with Crippen molar-refractivity contribution in [1.82, 2.24) is 4.90 Å². The molecule has 136 valence electrons. The quantitative estimate of drug-likeness (QED) is 0.744. The number of alkyl halides is 3. The van der Waals surface area contributed by atoms with Gasteiger partial charge in [0, 0.05) is 38.0 Å². The summed E-state index contributed by atoms with van der Waals surface area (Å²) in [6.07, 6.45) is -3.43. The maximum Gasteiger partial charge on any atom is 0.416 e. The van der Waals surface area contributed by atoms with Gasteiger partial charge in [-0.15, -0.1) is 0 Å². The van der Waals surface area contributed by atoms with Crippen LogP contribution in [0.2, 0.25) is 0 Å². The summed E-state index contributed by atoms with van der Waals surface area (Å²) in [5, 5.41) is 0. The highest BCUT2D eigenvalue weighted by molar-refractivity contribution is 5.95. The Hall–Kier alpha value is -2.34. The first-order valence-electron chi connectivity index (χ1n) is 8.59. The molecule has 0 aromatic heterocycles. The van der Waals surface area contributed by atoms with Crippen molar-refractivity contribution < 1.29 is 22.7 Å². The fraction of sp³-hybridized carbons (Fsp3) is 0.350. The van der Waals surface area contributed by atoms with Crippen molar-refractivity contribution in [2.75, 3.05) is 13.1 Å². The molecule has 2 heterocycles. The Kier molecular flexibility index (Phi) is 4.03. The summed E-state index contributed by atoms with van der Waals surface area (Å²) in [7, 11) is 0. The number of carbonyl (C=O) groups is 1. The summed E-state index contributed by atoms with van der Waals surface area (Å²) in [5.74, 6) is -0.523. The van der Waals surface area contributed by atoms with Crippen LogP contribution < -0.4 is 0 Å². The molecule has 0 aliphatic carbocycles. The number of ether oxygens (including phenoxy) is 1. The first-order valence-corrected chi connectivity index (χ1v) is 8.59. The summed E-state index contributed by atoms with van der Waals surface area (Å²) in [4.78, 5) is 14.4. The van der Waals surface area contributed by atoms with Crippen molar-refractivity contribution in [3.05, 3.63) is 70.8 Å². The number of esters is 1. The van der Waals surface area contributed by atoms with Crippen molar-refractivity contribution in [2.45, 2.75) is 31.2 Å². The Morgan fingerprint density at radius 3 is 2.38 bits per heavy atom. The number of fused-ring (bicyclic) bond motifs is 2. The van der Waals surface area contributed by atoms with Crippen LogP contribution in [0, 0.1) is 0 Å². The molecule has 1 spiro atoms. The average Bonchev–Trinajstić information content (AvgIpc) is 2.89. The van der Waals surface area contributed by atoms with Crippen molar-refractivity contribution in [1.29, 1.82) is 0 Å². The van der Waals surface area contributed by atoms with Gasteiger partial charge in [0.2, 0.25) is 0 Å². The van der Waals surface area contributed by atoms with E-state index in [1.165, 1.54) is 11.6 Å². The first kappa shape index (κ1) is 17.1. The molecule has 26 heavy (non-hydrogen) atoms. The summed E-state index contributed by atoms with van der Waals surface area (Å²) in [6.45, 7) is 2.11. The van der Waals surface area contributed by atoms with Crippen LogP contribution in [0.15, 0.2) is 48.5 Å². The molecule has 0 amide bonds. The van der Waals surface area contributed by atoms with E-state index in [1.807, 2.05) is 30.3 Å². The molecule has 0 saturated carbocycles. The van der Waals surface area contributed by atoms with E-state index in [-0.39, 0.29) is 5.56 Å². The zero-order valence-corrected chi connectivity index (χ0v) is 14.1. The van der Waals surface area contributed by atoms with Gasteiger partial charge in [-0.25, -0.2) is 4.79 Å². The van der Waals surface area contributed by atoms with E-state index >= 15 is 0 Å². The lowest BCUT2D eigenvalue weighted by molar-refractivity contribution is -0.137. The van der Waals surface area contributed by atoms with Crippen LogP contribution in [0.1, 0.15) is 39.9 Å². The Labute approximate surface area is 149 Å². The molecule has 2 aliphatic rings. The molecule has 0 bridgehead atoms. The molecule has 0 N–H and O–H groups in total. The summed E-state index contributed by atoms with van der Waals surface area (Å²) in [5.41, 5.74) is 0.166. The summed E-state index contributed by atoms with van der Waals surface area (Å²) in [6, 6.07) is 13.3. The van der Waals surface area contributed by atoms with Gasteiger partial charge in [0.15, 0.2) is 0 Å². The van der Waals surface area contributed by atoms with E-state index in [4.69, 9.17) is 4.74 Å². The van der Waals surface area contributed by atoms with Crippen LogP contribution in [0.3, 0.4) is 0 Å². The highest BCUT2D eigenvalue weighted by Crippen LogP contribution is 2.46. The van der Waals surface area contributed by atoms with Gasteiger partial charge in [0.1, 0.15) is 5.60 Å². The van der Waals surface area contributed by atoms with Gasteiger partial charge in [-0.2, -0.15) is 13.2 Å². The standard InChI is InChI=1S/C20H18F3NO2/c21-20(22,23)15-6-7-16-17(12-15)19(26-18(16)25)8-10-24(11-9-19)13-14-4-2-1-3-5-14/h1-7,12H,8-11,13H2. The van der Waals surface area contributed by atoms with Crippen LogP contribution >= 0.6 is 0 Å². The lowest BCUT2D eigenvalue weighted by atomic mass is 9.83. The predicted octanol–water partition coefficient (Wildman–Crippen LogP) is 4.37. The molecule has 4 rings (SSSR count). The van der Waals surface area contributed by atoms with Crippen molar-refractivity contribution in [3.8, 4) is 0 Å². The number of likely N-dealkylation sites (tertiary alicyclic amines) is 1. The lowest BCUT2D eigenvalue weighted by Gasteiger charge is -2.38. The molecular weight excluding hydrogens is 343 g/mol. The SMILES string of the molecule is O=C1OC2(CCN(Cc3ccccc3)CC2)c2cc(C(F)(F)F)ccc21. The Morgan fingerprint density at radius 1 is 1.04 bits per heavy atom. The number of piperidine rings is 1. The second-order valence-electron chi connectivity index (χ2n) is 6.90. The number of nitrogens with zero attached hydrogens (tertiary/aromatic N) is 1. The van der Waals surface area contributed by atoms with Crippen LogP contribution in [-0.4, -0.2) is 24.0 Å². The zero-order chi connectivity index (χ0) is 18.4. The Balaban J connectivity index is 1.56. The van der Waals surface area contributed by atoms with Crippen molar-refractivity contribution in [2.24, 2.45) is 0 Å². The fourth-order valence-electron chi connectivity index (χ4n) is 3.85. The summed E-state index contributed by atoms with van der Waals surface area (Å²) >= 11 is 0. The minimum atomic E-state index is -4.43. The normalized spacial score (nSPS) is 19.4. The Morgan fingerprint density at radius 2 is 1.73 bits per heavy atom. The molecule has 2 aliphatic heterocycles. The van der Waals surface area contributed by atoms with Crippen LogP contribution in [-0.2, 0) is 23.1 Å². The molecule has 6 heteroatoms. The molecule has 1 fully saturated rings. The van der Waals surface area contributed by atoms with Crippen LogP contribution in [0.4, 0.5) is 13.2 Å². The van der Waals surface area contributed by atoms with Crippen LogP contribution in [0.25, 0.3) is 0 Å². The fourth-order valence-corrected chi connectivity index (χ4v) is 3.85. The van der Waals surface area contributed by atoms with E-state index < -0.39 is 23.3 Å². The molecule has 1 saturated heterocycles. The average molecular weight is 361 g/mol. The minimum Gasteiger partial charge on any atom is -0.450 e. The van der Waals surface area contributed by atoms with Gasteiger partial charge >= 0.3 is 12.1 Å². The predicted molar refractivity (Wildman–Crippen MR) is 89.5 cm³/mol. The molecule has 3 nitrogen and oxygen atoms in total. The van der Waals surface area contributed by atoms with E-state index in [1.54, 1.807) is 0 Å². The number of rotatable bonds is 2. The first-order chi connectivity index (χ1) is 12.4. The lowest BCUT2D eigenvalue weighted by Crippen LogP contribution is -2.42.